The lowest BCUT2D eigenvalue weighted by molar-refractivity contribution is -0.137. The Morgan fingerprint density at radius 1 is 1.35 bits per heavy atom. The molecule has 4 nitrogen and oxygen atoms in total. The fourth-order valence-electron chi connectivity index (χ4n) is 2.11. The van der Waals surface area contributed by atoms with E-state index in [4.69, 9.17) is 4.74 Å². The van der Waals surface area contributed by atoms with Crippen molar-refractivity contribution in [2.24, 2.45) is 0 Å². The fourth-order valence-corrected chi connectivity index (χ4v) is 2.11. The number of likely N-dealkylation sites (N-methyl/N-ethyl adjacent to an activating group) is 1. The summed E-state index contributed by atoms with van der Waals surface area (Å²) >= 11 is 0. The van der Waals surface area contributed by atoms with Crippen LogP contribution in [0.3, 0.4) is 0 Å². The van der Waals surface area contributed by atoms with Gasteiger partial charge in [0, 0.05) is 19.7 Å². The Morgan fingerprint density at radius 2 is 2.06 bits per heavy atom. The van der Waals surface area contributed by atoms with Gasteiger partial charge in [0.25, 0.3) is 0 Å². The molecule has 0 aromatic carbocycles. The summed E-state index contributed by atoms with van der Waals surface area (Å²) in [4.78, 5) is 13.7. The number of ether oxygens (including phenoxy) is 1. The summed E-state index contributed by atoms with van der Waals surface area (Å²) < 4.78 is 5.40. The first kappa shape index (κ1) is 14.5. The zero-order valence-corrected chi connectivity index (χ0v) is 11.2. The van der Waals surface area contributed by atoms with Gasteiger partial charge in [-0.2, -0.15) is 0 Å². The van der Waals surface area contributed by atoms with Gasteiger partial charge in [-0.25, -0.2) is 0 Å². The van der Waals surface area contributed by atoms with Crippen LogP contribution in [-0.4, -0.2) is 50.2 Å². The number of hydrogen-bond donors (Lipinski definition) is 1. The third-order valence-corrected chi connectivity index (χ3v) is 3.37. The van der Waals surface area contributed by atoms with E-state index < -0.39 is 0 Å². The van der Waals surface area contributed by atoms with Crippen molar-refractivity contribution < 1.29 is 9.53 Å². The van der Waals surface area contributed by atoms with E-state index in [1.807, 2.05) is 11.9 Å². The quantitative estimate of drug-likeness (QED) is 0.686. The number of nitrogens with one attached hydrogen (secondary N) is 1. The predicted octanol–water partition coefficient (Wildman–Crippen LogP) is 1.40. The van der Waals surface area contributed by atoms with Crippen molar-refractivity contribution >= 4 is 5.91 Å². The van der Waals surface area contributed by atoms with E-state index in [-0.39, 0.29) is 12.5 Å². The lowest BCUT2D eigenvalue weighted by Crippen LogP contribution is -2.45. The highest BCUT2D eigenvalue weighted by Gasteiger charge is 2.21. The number of carbonyl (C=O) groups is 1. The van der Waals surface area contributed by atoms with Crippen LogP contribution in [0.25, 0.3) is 0 Å². The van der Waals surface area contributed by atoms with Crippen LogP contribution >= 0.6 is 0 Å². The molecule has 1 saturated heterocycles. The SMILES string of the molecule is CCCCCOCC(=O)N(C)C1CCNCC1. The first-order valence-electron chi connectivity index (χ1n) is 6.79. The molecule has 1 amide bonds. The molecule has 1 heterocycles. The molecule has 0 aliphatic carbocycles. The fraction of sp³-hybridized carbons (Fsp3) is 0.923. The monoisotopic (exact) mass is 242 g/mol. The van der Waals surface area contributed by atoms with Crippen molar-refractivity contribution in [3.63, 3.8) is 0 Å². The number of hydrogen-bond acceptors (Lipinski definition) is 3. The van der Waals surface area contributed by atoms with E-state index in [1.54, 1.807) is 0 Å². The average Bonchev–Trinajstić information content (AvgIpc) is 2.38. The minimum atomic E-state index is 0.119. The number of carbonyl (C=O) groups excluding carboxylic acids is 1. The molecule has 1 aliphatic heterocycles. The molecule has 100 valence electrons. The van der Waals surface area contributed by atoms with Crippen LogP contribution in [0.15, 0.2) is 0 Å². The van der Waals surface area contributed by atoms with Gasteiger partial charge in [-0.15, -0.1) is 0 Å². The van der Waals surface area contributed by atoms with Crippen LogP contribution in [-0.2, 0) is 9.53 Å². The summed E-state index contributed by atoms with van der Waals surface area (Å²) in [6.45, 7) is 5.14. The Labute approximate surface area is 105 Å². The standard InChI is InChI=1S/C13H26N2O2/c1-3-4-5-10-17-11-13(16)15(2)12-6-8-14-9-7-12/h12,14H,3-11H2,1-2H3. The first-order valence-corrected chi connectivity index (χ1v) is 6.79. The number of unbranched alkanes of at least 4 members (excludes halogenated alkanes) is 2. The highest BCUT2D eigenvalue weighted by atomic mass is 16.5. The first-order chi connectivity index (χ1) is 8.25. The molecule has 4 heteroatoms. The topological polar surface area (TPSA) is 41.6 Å². The summed E-state index contributed by atoms with van der Waals surface area (Å²) in [5.74, 6) is 0.119. The molecule has 1 fully saturated rings. The number of nitrogens with zero attached hydrogens (tertiary/aromatic N) is 1. The summed E-state index contributed by atoms with van der Waals surface area (Å²) in [6.07, 6.45) is 5.53. The molecule has 0 radical (unpaired) electrons. The van der Waals surface area contributed by atoms with Gasteiger partial charge in [0.2, 0.25) is 5.91 Å². The van der Waals surface area contributed by atoms with Crippen LogP contribution < -0.4 is 5.32 Å². The van der Waals surface area contributed by atoms with Crippen molar-refractivity contribution in [2.75, 3.05) is 33.4 Å². The highest BCUT2D eigenvalue weighted by Crippen LogP contribution is 2.10. The summed E-state index contributed by atoms with van der Waals surface area (Å²) in [6, 6.07) is 0.392. The van der Waals surface area contributed by atoms with Crippen molar-refractivity contribution in [3.8, 4) is 0 Å². The van der Waals surface area contributed by atoms with Crippen LogP contribution in [0.5, 0.6) is 0 Å². The van der Waals surface area contributed by atoms with Crippen LogP contribution in [0.1, 0.15) is 39.0 Å². The van der Waals surface area contributed by atoms with Crippen molar-refractivity contribution in [1.29, 1.82) is 0 Å². The Morgan fingerprint density at radius 3 is 2.71 bits per heavy atom. The van der Waals surface area contributed by atoms with Crippen LogP contribution in [0.4, 0.5) is 0 Å². The van der Waals surface area contributed by atoms with Gasteiger partial charge in [0.1, 0.15) is 6.61 Å². The minimum absolute atomic E-state index is 0.119. The van der Waals surface area contributed by atoms with Gasteiger partial charge in [-0.3, -0.25) is 4.79 Å². The predicted molar refractivity (Wildman–Crippen MR) is 69.0 cm³/mol. The van der Waals surface area contributed by atoms with Gasteiger partial charge in [0.05, 0.1) is 0 Å². The molecule has 0 aromatic heterocycles. The summed E-state index contributed by atoms with van der Waals surface area (Å²) in [5.41, 5.74) is 0. The van der Waals surface area contributed by atoms with Crippen molar-refractivity contribution in [1.82, 2.24) is 10.2 Å². The zero-order valence-electron chi connectivity index (χ0n) is 11.2. The Bertz CT molecular complexity index is 215. The summed E-state index contributed by atoms with van der Waals surface area (Å²) in [5, 5.41) is 3.31. The maximum atomic E-state index is 11.9. The molecule has 1 rings (SSSR count). The molecule has 0 unspecified atom stereocenters. The third kappa shape index (κ3) is 5.50. The van der Waals surface area contributed by atoms with Crippen molar-refractivity contribution in [3.05, 3.63) is 0 Å². The van der Waals surface area contributed by atoms with E-state index in [1.165, 1.54) is 12.8 Å². The maximum Gasteiger partial charge on any atom is 0.248 e. The Kier molecular flexibility index (Phi) is 7.21. The van der Waals surface area contributed by atoms with E-state index in [0.717, 1.165) is 32.4 Å². The molecule has 0 aromatic rings. The van der Waals surface area contributed by atoms with E-state index in [0.29, 0.717) is 12.6 Å². The second kappa shape index (κ2) is 8.48. The molecule has 1 aliphatic rings. The second-order valence-corrected chi connectivity index (χ2v) is 4.75. The number of piperidine rings is 1. The van der Waals surface area contributed by atoms with Gasteiger partial charge in [0.15, 0.2) is 0 Å². The molecule has 0 atom stereocenters. The minimum Gasteiger partial charge on any atom is -0.372 e. The van der Waals surface area contributed by atoms with Crippen LogP contribution in [0.2, 0.25) is 0 Å². The Balaban J connectivity index is 2.13. The normalized spacial score (nSPS) is 17.1. The average molecular weight is 242 g/mol. The third-order valence-electron chi connectivity index (χ3n) is 3.37. The molecular formula is C13H26N2O2. The number of rotatable bonds is 7. The molecule has 0 bridgehead atoms. The molecule has 17 heavy (non-hydrogen) atoms. The smallest absolute Gasteiger partial charge is 0.248 e. The summed E-state index contributed by atoms with van der Waals surface area (Å²) in [7, 11) is 1.90. The molecule has 1 N–H and O–H groups in total. The van der Waals surface area contributed by atoms with E-state index in [2.05, 4.69) is 12.2 Å². The van der Waals surface area contributed by atoms with Gasteiger partial charge in [-0.05, 0) is 32.4 Å². The largest absolute Gasteiger partial charge is 0.372 e. The van der Waals surface area contributed by atoms with Gasteiger partial charge < -0.3 is 15.0 Å². The maximum absolute atomic E-state index is 11.9. The van der Waals surface area contributed by atoms with Crippen molar-refractivity contribution in [2.45, 2.75) is 45.1 Å². The molecular weight excluding hydrogens is 216 g/mol. The van der Waals surface area contributed by atoms with E-state index >= 15 is 0 Å². The molecule has 0 saturated carbocycles. The van der Waals surface area contributed by atoms with Gasteiger partial charge >= 0.3 is 0 Å². The van der Waals surface area contributed by atoms with Gasteiger partial charge in [-0.1, -0.05) is 19.8 Å². The lowest BCUT2D eigenvalue weighted by Gasteiger charge is -2.31. The highest BCUT2D eigenvalue weighted by molar-refractivity contribution is 5.77. The lowest BCUT2D eigenvalue weighted by atomic mass is 10.1. The Hall–Kier alpha value is -0.610. The molecule has 0 spiro atoms. The number of amides is 1. The zero-order chi connectivity index (χ0) is 12.5. The van der Waals surface area contributed by atoms with Crippen LogP contribution in [0, 0.1) is 0 Å². The second-order valence-electron chi connectivity index (χ2n) is 4.75. The van der Waals surface area contributed by atoms with E-state index in [9.17, 15) is 4.79 Å².